The average molecular weight is 259 g/mol. The van der Waals surface area contributed by atoms with E-state index < -0.39 is 0 Å². The SMILES string of the molecule is COCc1nc(Cl)cc(NCC(C)N(C)C)n1. The van der Waals surface area contributed by atoms with Gasteiger partial charge in [-0.3, -0.25) is 0 Å². The average Bonchev–Trinajstić information content (AvgIpc) is 2.25. The molecule has 1 N–H and O–H groups in total. The quantitative estimate of drug-likeness (QED) is 0.786. The van der Waals surface area contributed by atoms with Crippen LogP contribution >= 0.6 is 11.6 Å². The van der Waals surface area contributed by atoms with E-state index in [4.69, 9.17) is 16.3 Å². The highest BCUT2D eigenvalue weighted by Gasteiger charge is 2.06. The number of nitrogens with zero attached hydrogens (tertiary/aromatic N) is 3. The third-order valence-electron chi connectivity index (χ3n) is 2.47. The van der Waals surface area contributed by atoms with Gasteiger partial charge in [0, 0.05) is 25.8 Å². The minimum Gasteiger partial charge on any atom is -0.377 e. The Balaban J connectivity index is 2.64. The molecule has 0 spiro atoms. The molecule has 0 saturated heterocycles. The molecular formula is C11H19ClN4O. The molecule has 1 unspecified atom stereocenters. The summed E-state index contributed by atoms with van der Waals surface area (Å²) in [6.07, 6.45) is 0. The van der Waals surface area contributed by atoms with Crippen LogP contribution in [0.2, 0.25) is 5.15 Å². The van der Waals surface area contributed by atoms with E-state index in [1.54, 1.807) is 13.2 Å². The molecule has 1 heterocycles. The van der Waals surface area contributed by atoms with Crippen molar-refractivity contribution < 1.29 is 4.74 Å². The third-order valence-corrected chi connectivity index (χ3v) is 2.67. The second-order valence-electron chi connectivity index (χ2n) is 4.12. The lowest BCUT2D eigenvalue weighted by Gasteiger charge is -2.20. The van der Waals surface area contributed by atoms with E-state index in [0.717, 1.165) is 12.4 Å². The molecule has 0 radical (unpaired) electrons. The number of ether oxygens (including phenoxy) is 1. The van der Waals surface area contributed by atoms with Gasteiger partial charge in [0.05, 0.1) is 0 Å². The van der Waals surface area contributed by atoms with Gasteiger partial charge < -0.3 is 15.0 Å². The van der Waals surface area contributed by atoms with E-state index >= 15 is 0 Å². The first-order valence-electron chi connectivity index (χ1n) is 5.45. The van der Waals surface area contributed by atoms with Gasteiger partial charge in [0.1, 0.15) is 17.6 Å². The molecule has 6 heteroatoms. The highest BCUT2D eigenvalue weighted by atomic mass is 35.5. The monoisotopic (exact) mass is 258 g/mol. The van der Waals surface area contributed by atoms with Gasteiger partial charge in [-0.1, -0.05) is 11.6 Å². The van der Waals surface area contributed by atoms with Gasteiger partial charge in [-0.2, -0.15) is 0 Å². The standard InChI is InChI=1S/C11H19ClN4O/c1-8(16(2)3)6-13-10-5-9(12)14-11(15-10)7-17-4/h5,8H,6-7H2,1-4H3,(H,13,14,15). The van der Waals surface area contributed by atoms with Crippen molar-refractivity contribution in [2.45, 2.75) is 19.6 Å². The molecule has 0 aliphatic carbocycles. The summed E-state index contributed by atoms with van der Waals surface area (Å²) < 4.78 is 4.98. The Kier molecular flexibility index (Phi) is 5.61. The lowest BCUT2D eigenvalue weighted by Crippen LogP contribution is -2.31. The molecular weight excluding hydrogens is 240 g/mol. The number of methoxy groups -OCH3 is 1. The fourth-order valence-corrected chi connectivity index (χ4v) is 1.38. The van der Waals surface area contributed by atoms with Crippen molar-refractivity contribution in [1.29, 1.82) is 0 Å². The Labute approximate surface area is 107 Å². The smallest absolute Gasteiger partial charge is 0.158 e. The Bertz CT molecular complexity index is 359. The van der Waals surface area contributed by atoms with E-state index in [1.165, 1.54) is 0 Å². The van der Waals surface area contributed by atoms with Crippen LogP contribution in [0.25, 0.3) is 0 Å². The molecule has 1 aromatic rings. The number of halogens is 1. The fourth-order valence-electron chi connectivity index (χ4n) is 1.18. The van der Waals surface area contributed by atoms with Crippen molar-refractivity contribution in [2.75, 3.05) is 33.1 Å². The molecule has 1 rings (SSSR count). The molecule has 0 fully saturated rings. The normalized spacial score (nSPS) is 12.8. The molecule has 0 amide bonds. The van der Waals surface area contributed by atoms with Crippen LogP contribution in [0.1, 0.15) is 12.7 Å². The van der Waals surface area contributed by atoms with E-state index in [9.17, 15) is 0 Å². The van der Waals surface area contributed by atoms with Crippen molar-refractivity contribution in [3.63, 3.8) is 0 Å². The Morgan fingerprint density at radius 3 is 2.76 bits per heavy atom. The number of anilines is 1. The van der Waals surface area contributed by atoms with Crippen molar-refractivity contribution in [1.82, 2.24) is 14.9 Å². The summed E-state index contributed by atoms with van der Waals surface area (Å²) in [5.41, 5.74) is 0. The maximum atomic E-state index is 5.91. The van der Waals surface area contributed by atoms with Crippen molar-refractivity contribution in [3.05, 3.63) is 17.0 Å². The molecule has 0 bridgehead atoms. The number of hydrogen-bond acceptors (Lipinski definition) is 5. The van der Waals surface area contributed by atoms with E-state index in [0.29, 0.717) is 23.6 Å². The van der Waals surface area contributed by atoms with Crippen molar-refractivity contribution in [3.8, 4) is 0 Å². The molecule has 0 saturated carbocycles. The molecule has 0 aromatic carbocycles. The minimum absolute atomic E-state index is 0.360. The molecule has 96 valence electrons. The van der Waals surface area contributed by atoms with E-state index in [1.807, 2.05) is 14.1 Å². The number of nitrogens with one attached hydrogen (secondary N) is 1. The zero-order valence-electron chi connectivity index (χ0n) is 10.7. The van der Waals surface area contributed by atoms with Crippen molar-refractivity contribution in [2.24, 2.45) is 0 Å². The Morgan fingerprint density at radius 2 is 2.18 bits per heavy atom. The summed E-state index contributed by atoms with van der Waals surface area (Å²) in [6.45, 7) is 3.29. The molecule has 0 aliphatic heterocycles. The summed E-state index contributed by atoms with van der Waals surface area (Å²) in [5, 5.41) is 3.66. The maximum Gasteiger partial charge on any atom is 0.158 e. The van der Waals surface area contributed by atoms with Gasteiger partial charge >= 0.3 is 0 Å². The fraction of sp³-hybridized carbons (Fsp3) is 0.636. The maximum absolute atomic E-state index is 5.91. The zero-order chi connectivity index (χ0) is 12.8. The largest absolute Gasteiger partial charge is 0.377 e. The first kappa shape index (κ1) is 14.2. The summed E-state index contributed by atoms with van der Waals surface area (Å²) in [6, 6.07) is 2.12. The van der Waals surface area contributed by atoms with Gasteiger partial charge in [-0.25, -0.2) is 9.97 Å². The molecule has 5 nitrogen and oxygen atoms in total. The van der Waals surface area contributed by atoms with Crippen LogP contribution in [-0.2, 0) is 11.3 Å². The highest BCUT2D eigenvalue weighted by molar-refractivity contribution is 6.29. The predicted molar refractivity (Wildman–Crippen MR) is 69.4 cm³/mol. The third kappa shape index (κ3) is 4.85. The highest BCUT2D eigenvalue weighted by Crippen LogP contribution is 2.12. The van der Waals surface area contributed by atoms with Crippen LogP contribution in [0.5, 0.6) is 0 Å². The van der Waals surface area contributed by atoms with Crippen molar-refractivity contribution >= 4 is 17.4 Å². The van der Waals surface area contributed by atoms with Crippen LogP contribution in [-0.4, -0.2) is 48.7 Å². The van der Waals surface area contributed by atoms with Gasteiger partial charge in [-0.15, -0.1) is 0 Å². The lowest BCUT2D eigenvalue weighted by atomic mass is 10.3. The number of hydrogen-bond donors (Lipinski definition) is 1. The predicted octanol–water partition coefficient (Wildman–Crippen LogP) is 1.64. The van der Waals surface area contributed by atoms with Crippen LogP contribution in [0.15, 0.2) is 6.07 Å². The van der Waals surface area contributed by atoms with Gasteiger partial charge in [0.25, 0.3) is 0 Å². The first-order chi connectivity index (χ1) is 8.02. The number of aromatic nitrogens is 2. The summed E-state index contributed by atoms with van der Waals surface area (Å²) in [7, 11) is 5.68. The van der Waals surface area contributed by atoms with Crippen LogP contribution in [0, 0.1) is 0 Å². The van der Waals surface area contributed by atoms with Crippen LogP contribution < -0.4 is 5.32 Å². The van der Waals surface area contributed by atoms with Crippen LogP contribution in [0.4, 0.5) is 5.82 Å². The molecule has 1 aromatic heterocycles. The van der Waals surface area contributed by atoms with Gasteiger partial charge in [0.15, 0.2) is 5.82 Å². The van der Waals surface area contributed by atoms with E-state index in [-0.39, 0.29) is 0 Å². The second-order valence-corrected chi connectivity index (χ2v) is 4.51. The van der Waals surface area contributed by atoms with Gasteiger partial charge in [0.2, 0.25) is 0 Å². The Morgan fingerprint density at radius 1 is 1.47 bits per heavy atom. The van der Waals surface area contributed by atoms with Crippen LogP contribution in [0.3, 0.4) is 0 Å². The van der Waals surface area contributed by atoms with Gasteiger partial charge in [-0.05, 0) is 21.0 Å². The Hall–Kier alpha value is -0.910. The zero-order valence-corrected chi connectivity index (χ0v) is 11.5. The summed E-state index contributed by atoms with van der Waals surface area (Å²) in [4.78, 5) is 10.5. The molecule has 1 atom stereocenters. The number of likely N-dealkylation sites (N-methyl/N-ethyl adjacent to an activating group) is 1. The summed E-state index contributed by atoms with van der Waals surface area (Å²) in [5.74, 6) is 1.31. The first-order valence-corrected chi connectivity index (χ1v) is 5.83. The number of rotatable bonds is 6. The molecule has 0 aliphatic rings. The summed E-state index contributed by atoms with van der Waals surface area (Å²) >= 11 is 5.91. The topological polar surface area (TPSA) is 50.3 Å². The minimum atomic E-state index is 0.360. The molecule has 17 heavy (non-hydrogen) atoms. The van der Waals surface area contributed by atoms with E-state index in [2.05, 4.69) is 27.1 Å². The lowest BCUT2D eigenvalue weighted by molar-refractivity contribution is 0.178. The second kappa shape index (κ2) is 6.74.